The molecule has 3 fully saturated rings. The zero-order chi connectivity index (χ0) is 21.8. The summed E-state index contributed by atoms with van der Waals surface area (Å²) in [5, 5.41) is 15.2. The molecule has 30 heavy (non-hydrogen) atoms. The molecule has 3 N–H and O–H groups in total. The van der Waals surface area contributed by atoms with E-state index in [-0.39, 0.29) is 41.0 Å². The van der Waals surface area contributed by atoms with Crippen LogP contribution in [0, 0.1) is 25.7 Å². The minimum Gasteiger partial charge on any atom is -0.395 e. The molecule has 6 atom stereocenters. The predicted octanol–water partition coefficient (Wildman–Crippen LogP) is 1.44. The van der Waals surface area contributed by atoms with Crippen molar-refractivity contribution in [2.24, 2.45) is 11.8 Å². The first kappa shape index (κ1) is 21.6. The van der Waals surface area contributed by atoms with Crippen LogP contribution in [-0.4, -0.2) is 68.8 Å². The molecule has 162 valence electrons. The van der Waals surface area contributed by atoms with Crippen molar-refractivity contribution in [2.45, 2.75) is 41.1 Å². The molecule has 3 heterocycles. The van der Waals surface area contributed by atoms with Crippen LogP contribution in [0.3, 0.4) is 0 Å². The van der Waals surface area contributed by atoms with Gasteiger partial charge in [0.2, 0.25) is 17.7 Å². The predicted molar refractivity (Wildman–Crippen MR) is 120 cm³/mol. The summed E-state index contributed by atoms with van der Waals surface area (Å²) in [5.74, 6) is -1.71. The number of alkyl halides is 1. The fraction of sp³-hybridized carbons (Fsp3) is 0.571. The molecule has 3 saturated heterocycles. The van der Waals surface area contributed by atoms with Gasteiger partial charge in [-0.05, 0) is 37.5 Å². The Labute approximate surface area is 188 Å². The number of anilines is 1. The van der Waals surface area contributed by atoms with Crippen LogP contribution in [-0.2, 0) is 14.4 Å². The second kappa shape index (κ2) is 7.84. The quantitative estimate of drug-likeness (QED) is 0.536. The fourth-order valence-electron chi connectivity index (χ4n) is 5.32. The van der Waals surface area contributed by atoms with Gasteiger partial charge in [-0.3, -0.25) is 14.4 Å². The Kier molecular flexibility index (Phi) is 5.65. The fourth-order valence-corrected chi connectivity index (χ4v) is 8.93. The lowest BCUT2D eigenvalue weighted by molar-refractivity contribution is -0.139. The number of amides is 3. The Balaban J connectivity index is 1.74. The molecule has 0 aromatic heterocycles. The molecule has 4 rings (SSSR count). The average Bonchev–Trinajstić information content (AvgIpc) is 3.28. The molecule has 0 aliphatic carbocycles. The van der Waals surface area contributed by atoms with Gasteiger partial charge in [0.05, 0.1) is 23.2 Å². The van der Waals surface area contributed by atoms with Gasteiger partial charge in [-0.25, -0.2) is 0 Å². The van der Waals surface area contributed by atoms with Gasteiger partial charge >= 0.3 is 0 Å². The molecular weight excluding hydrogens is 470 g/mol. The molecular formula is C21H26BrN3O4S. The Morgan fingerprint density at radius 3 is 2.73 bits per heavy atom. The number of aryl methyl sites for hydroxylation is 2. The van der Waals surface area contributed by atoms with E-state index >= 15 is 0 Å². The molecule has 0 saturated carbocycles. The van der Waals surface area contributed by atoms with Crippen molar-refractivity contribution in [1.82, 2.24) is 10.2 Å². The number of nitrogens with zero attached hydrogens (tertiary/aromatic N) is 1. The highest BCUT2D eigenvalue weighted by Crippen LogP contribution is 2.67. The molecule has 1 aromatic rings. The van der Waals surface area contributed by atoms with Crippen molar-refractivity contribution in [1.29, 1.82) is 0 Å². The van der Waals surface area contributed by atoms with Crippen LogP contribution in [0.1, 0.15) is 17.5 Å². The number of nitrogens with one attached hydrogen (secondary N) is 2. The molecule has 0 radical (unpaired) electrons. The van der Waals surface area contributed by atoms with E-state index in [1.54, 1.807) is 18.8 Å². The molecule has 3 unspecified atom stereocenters. The van der Waals surface area contributed by atoms with Crippen molar-refractivity contribution in [3.05, 3.63) is 29.3 Å². The highest BCUT2D eigenvalue weighted by Gasteiger charge is 2.75. The van der Waals surface area contributed by atoms with E-state index in [4.69, 9.17) is 0 Å². The summed E-state index contributed by atoms with van der Waals surface area (Å²) in [5.41, 5.74) is 2.68. The summed E-state index contributed by atoms with van der Waals surface area (Å²) >= 11 is 5.28. The molecule has 3 aliphatic heterocycles. The third-order valence-electron chi connectivity index (χ3n) is 6.58. The van der Waals surface area contributed by atoms with Crippen molar-refractivity contribution < 1.29 is 19.5 Å². The van der Waals surface area contributed by atoms with Gasteiger partial charge in [-0.15, -0.1) is 11.8 Å². The number of aliphatic hydroxyl groups excluding tert-OH is 1. The van der Waals surface area contributed by atoms with Crippen molar-refractivity contribution in [3.63, 3.8) is 0 Å². The number of benzene rings is 1. The maximum atomic E-state index is 13.6. The van der Waals surface area contributed by atoms with E-state index in [2.05, 4.69) is 26.6 Å². The monoisotopic (exact) mass is 495 g/mol. The van der Waals surface area contributed by atoms with Crippen molar-refractivity contribution in [2.75, 3.05) is 25.5 Å². The first-order chi connectivity index (χ1) is 14.2. The minimum atomic E-state index is -0.744. The molecule has 1 aromatic carbocycles. The van der Waals surface area contributed by atoms with Crippen LogP contribution in [0.25, 0.3) is 0 Å². The number of carbonyl (C=O) groups excluding carboxylic acids is 3. The number of fused-ring (bicyclic) bond motifs is 1. The molecule has 7 nitrogen and oxygen atoms in total. The molecule has 2 bridgehead atoms. The van der Waals surface area contributed by atoms with Gasteiger partial charge in [0.1, 0.15) is 6.04 Å². The smallest absolute Gasteiger partial charge is 0.248 e. The number of likely N-dealkylation sites (tertiary alicyclic amines) is 1. The van der Waals surface area contributed by atoms with Crippen LogP contribution >= 0.6 is 27.7 Å². The Morgan fingerprint density at radius 2 is 2.07 bits per heavy atom. The Bertz CT molecular complexity index is 912. The SMILES string of the molecule is CNC(=O)[C@H]1[C@H]2C(=O)N(CCO)C(C(=O)Nc3cc(C)ccc3C)C23CC(Br)[C@@H]1S3. The lowest BCUT2D eigenvalue weighted by Gasteiger charge is -2.35. The Morgan fingerprint density at radius 1 is 1.33 bits per heavy atom. The van der Waals surface area contributed by atoms with E-state index < -0.39 is 22.6 Å². The minimum absolute atomic E-state index is 0.0407. The first-order valence-electron chi connectivity index (χ1n) is 10.1. The lowest BCUT2D eigenvalue weighted by atomic mass is 9.70. The summed E-state index contributed by atoms with van der Waals surface area (Å²) in [6.07, 6.45) is 0.624. The first-order valence-corrected chi connectivity index (χ1v) is 11.9. The number of rotatable bonds is 5. The average molecular weight is 496 g/mol. The molecule has 3 aliphatic rings. The number of carbonyl (C=O) groups is 3. The van der Waals surface area contributed by atoms with Crippen LogP contribution in [0.5, 0.6) is 0 Å². The van der Waals surface area contributed by atoms with Crippen LogP contribution in [0.2, 0.25) is 0 Å². The summed E-state index contributed by atoms with van der Waals surface area (Å²) in [6, 6.07) is 5.10. The number of hydrogen-bond acceptors (Lipinski definition) is 5. The van der Waals surface area contributed by atoms with E-state index in [0.29, 0.717) is 12.1 Å². The Hall–Kier alpha value is -1.58. The second-order valence-corrected chi connectivity index (χ2v) is 11.1. The summed E-state index contributed by atoms with van der Waals surface area (Å²) in [6.45, 7) is 3.71. The van der Waals surface area contributed by atoms with E-state index in [1.807, 2.05) is 32.0 Å². The van der Waals surface area contributed by atoms with Gasteiger partial charge in [-0.1, -0.05) is 28.1 Å². The third kappa shape index (κ3) is 3.08. The van der Waals surface area contributed by atoms with Crippen LogP contribution in [0.4, 0.5) is 5.69 Å². The standard InChI is InChI=1S/C21H26BrN3O4S/c1-10-4-5-11(2)13(8-10)24-19(28)17-21-9-12(22)16(30-21)14(18(27)23-3)15(21)20(29)25(17)6-7-26/h4-5,8,12,14-17,26H,6-7,9H2,1-3H3,(H,23,27)(H,24,28)/t12?,14-,15-,16-,17?,21?/m0/s1. The number of aliphatic hydroxyl groups is 1. The summed E-state index contributed by atoms with van der Waals surface area (Å²) < 4.78 is -0.690. The lowest BCUT2D eigenvalue weighted by Crippen LogP contribution is -2.53. The van der Waals surface area contributed by atoms with Gasteiger partial charge in [0.15, 0.2) is 0 Å². The normalized spacial score (nSPS) is 34.2. The van der Waals surface area contributed by atoms with Crippen LogP contribution < -0.4 is 10.6 Å². The maximum Gasteiger partial charge on any atom is 0.248 e. The van der Waals surface area contributed by atoms with Gasteiger partial charge in [0.25, 0.3) is 0 Å². The van der Waals surface area contributed by atoms with Crippen molar-refractivity contribution in [3.8, 4) is 0 Å². The van der Waals surface area contributed by atoms with Gasteiger partial charge < -0.3 is 20.6 Å². The second-order valence-electron chi connectivity index (χ2n) is 8.34. The van der Waals surface area contributed by atoms with E-state index in [1.165, 1.54) is 4.90 Å². The number of thioether (sulfide) groups is 1. The highest BCUT2D eigenvalue weighted by molar-refractivity contribution is 9.09. The number of halogens is 1. The molecule has 3 amide bonds. The van der Waals surface area contributed by atoms with E-state index in [0.717, 1.165) is 11.1 Å². The number of hydrogen-bond donors (Lipinski definition) is 3. The zero-order valence-corrected chi connectivity index (χ0v) is 19.5. The number of β-amino-alcohol motifs (C(OH)–C–C–N with tert-alkyl or cyclic N) is 1. The zero-order valence-electron chi connectivity index (χ0n) is 17.1. The highest BCUT2D eigenvalue weighted by atomic mass is 79.9. The van der Waals surface area contributed by atoms with Gasteiger partial charge in [-0.2, -0.15) is 0 Å². The van der Waals surface area contributed by atoms with E-state index in [9.17, 15) is 19.5 Å². The van der Waals surface area contributed by atoms with Crippen molar-refractivity contribution >= 4 is 51.1 Å². The topological polar surface area (TPSA) is 98.7 Å². The largest absolute Gasteiger partial charge is 0.395 e. The molecule has 9 heteroatoms. The molecule has 1 spiro atoms. The maximum absolute atomic E-state index is 13.6. The summed E-state index contributed by atoms with van der Waals surface area (Å²) in [7, 11) is 1.57. The summed E-state index contributed by atoms with van der Waals surface area (Å²) in [4.78, 5) is 41.2. The van der Waals surface area contributed by atoms with Crippen LogP contribution in [0.15, 0.2) is 18.2 Å². The third-order valence-corrected chi connectivity index (χ3v) is 9.80. The van der Waals surface area contributed by atoms with Gasteiger partial charge in [0, 0.05) is 29.4 Å².